The van der Waals surface area contributed by atoms with Gasteiger partial charge in [0.25, 0.3) is 0 Å². The molecule has 0 atom stereocenters. The number of anilines is 1. The highest BCUT2D eigenvalue weighted by Crippen LogP contribution is 2.24. The Bertz CT molecular complexity index is 984. The third kappa shape index (κ3) is 5.32. The summed E-state index contributed by atoms with van der Waals surface area (Å²) in [6.07, 6.45) is 2.19. The van der Waals surface area contributed by atoms with Crippen LogP contribution in [0.25, 0.3) is 0 Å². The van der Waals surface area contributed by atoms with Crippen LogP contribution in [0.4, 0.5) is 14.6 Å². The number of piperidine rings is 1. The topological polar surface area (TPSA) is 93.5 Å². The summed E-state index contributed by atoms with van der Waals surface area (Å²) in [4.78, 5) is 38.9. The minimum Gasteiger partial charge on any atom is -0.462 e. The highest BCUT2D eigenvalue weighted by molar-refractivity contribution is 6.01. The number of carbonyl (C=O) groups excluding carboxylic acids is 3. The number of amides is 1. The maximum Gasteiger partial charge on any atom is 0.343 e. The Labute approximate surface area is 178 Å². The van der Waals surface area contributed by atoms with Gasteiger partial charge in [0.2, 0.25) is 5.91 Å². The van der Waals surface area contributed by atoms with Crippen LogP contribution in [0.2, 0.25) is 0 Å². The summed E-state index contributed by atoms with van der Waals surface area (Å²) in [5.74, 6) is -2.91. The van der Waals surface area contributed by atoms with Crippen molar-refractivity contribution in [2.75, 3.05) is 31.6 Å². The van der Waals surface area contributed by atoms with E-state index in [1.807, 2.05) is 4.90 Å². The molecule has 0 bridgehead atoms. The molecule has 1 aromatic carbocycles. The number of Topliss-reactive ketones (excluding diaryl/α,β-unsaturated/α-hetero) is 1. The zero-order valence-corrected chi connectivity index (χ0v) is 17.4. The summed E-state index contributed by atoms with van der Waals surface area (Å²) in [6.45, 7) is 2.86. The van der Waals surface area contributed by atoms with Crippen molar-refractivity contribution in [3.8, 4) is 0 Å². The maximum absolute atomic E-state index is 13.9. The predicted octanol–water partition coefficient (Wildman–Crippen LogP) is 2.41. The van der Waals surface area contributed by atoms with Gasteiger partial charge in [0, 0.05) is 13.0 Å². The highest BCUT2D eigenvalue weighted by atomic mass is 19.1. The van der Waals surface area contributed by atoms with Crippen LogP contribution in [-0.4, -0.2) is 58.6 Å². The van der Waals surface area contributed by atoms with Gasteiger partial charge in [-0.2, -0.15) is 5.10 Å². The average Bonchev–Trinajstić information content (AvgIpc) is 3.10. The average molecular weight is 434 g/mol. The number of aryl methyl sites for hydroxylation is 1. The molecule has 1 aromatic heterocycles. The van der Waals surface area contributed by atoms with Crippen LogP contribution in [0, 0.1) is 17.6 Å². The first-order chi connectivity index (χ1) is 14.8. The number of ether oxygens (including phenoxy) is 1. The molecule has 8 nitrogen and oxygen atoms in total. The van der Waals surface area contributed by atoms with Gasteiger partial charge in [0.1, 0.15) is 23.0 Å². The van der Waals surface area contributed by atoms with Crippen LogP contribution >= 0.6 is 0 Å². The SMILES string of the molecule is CCOC(=O)c1cnn(C)c1NC(=O)CN1CCC(C(=O)c2cc(F)ccc2F)CC1. The zero-order chi connectivity index (χ0) is 22.5. The van der Waals surface area contributed by atoms with Crippen LogP contribution in [0.1, 0.15) is 40.5 Å². The van der Waals surface area contributed by atoms with Gasteiger partial charge in [-0.3, -0.25) is 19.2 Å². The molecule has 1 saturated heterocycles. The van der Waals surface area contributed by atoms with E-state index in [0.717, 1.165) is 18.2 Å². The molecule has 10 heteroatoms. The van der Waals surface area contributed by atoms with Crippen LogP contribution < -0.4 is 5.32 Å². The van der Waals surface area contributed by atoms with E-state index in [2.05, 4.69) is 10.4 Å². The van der Waals surface area contributed by atoms with Crippen molar-refractivity contribution < 1.29 is 27.9 Å². The Kier molecular flexibility index (Phi) is 7.11. The fourth-order valence-electron chi connectivity index (χ4n) is 3.58. The Morgan fingerprint density at radius 1 is 1.19 bits per heavy atom. The van der Waals surface area contributed by atoms with Crippen molar-refractivity contribution in [2.45, 2.75) is 19.8 Å². The van der Waals surface area contributed by atoms with Crippen molar-refractivity contribution in [1.82, 2.24) is 14.7 Å². The van der Waals surface area contributed by atoms with Crippen LogP contribution in [0.3, 0.4) is 0 Å². The lowest BCUT2D eigenvalue weighted by molar-refractivity contribution is -0.117. The van der Waals surface area contributed by atoms with Gasteiger partial charge in [-0.1, -0.05) is 0 Å². The largest absolute Gasteiger partial charge is 0.462 e. The molecule has 166 valence electrons. The zero-order valence-electron chi connectivity index (χ0n) is 17.4. The molecule has 31 heavy (non-hydrogen) atoms. The molecule has 1 aliphatic rings. The number of likely N-dealkylation sites (tertiary alicyclic amines) is 1. The van der Waals surface area contributed by atoms with E-state index in [-0.39, 0.29) is 36.0 Å². The Morgan fingerprint density at radius 2 is 1.90 bits per heavy atom. The molecule has 0 unspecified atom stereocenters. The van der Waals surface area contributed by atoms with E-state index in [9.17, 15) is 23.2 Å². The van der Waals surface area contributed by atoms with E-state index < -0.39 is 29.3 Å². The lowest BCUT2D eigenvalue weighted by atomic mass is 9.88. The number of hydrogen-bond acceptors (Lipinski definition) is 6. The van der Waals surface area contributed by atoms with E-state index in [1.54, 1.807) is 14.0 Å². The van der Waals surface area contributed by atoms with E-state index in [0.29, 0.717) is 25.9 Å². The second-order valence-electron chi connectivity index (χ2n) is 7.34. The highest BCUT2D eigenvalue weighted by Gasteiger charge is 2.29. The number of nitrogens with one attached hydrogen (secondary N) is 1. The first-order valence-electron chi connectivity index (χ1n) is 10.0. The van der Waals surface area contributed by atoms with Gasteiger partial charge < -0.3 is 10.1 Å². The molecular formula is C21H24F2N4O4. The maximum atomic E-state index is 13.9. The molecule has 2 heterocycles. The van der Waals surface area contributed by atoms with Crippen molar-refractivity contribution in [2.24, 2.45) is 13.0 Å². The lowest BCUT2D eigenvalue weighted by Gasteiger charge is -2.30. The van der Waals surface area contributed by atoms with Gasteiger partial charge in [-0.25, -0.2) is 13.6 Å². The number of hydrogen-bond donors (Lipinski definition) is 1. The van der Waals surface area contributed by atoms with Crippen molar-refractivity contribution in [3.63, 3.8) is 0 Å². The second kappa shape index (κ2) is 9.78. The summed E-state index contributed by atoms with van der Waals surface area (Å²) in [7, 11) is 1.60. The standard InChI is InChI=1S/C21H24F2N4O4/c1-3-31-21(30)16-11-24-26(2)20(16)25-18(28)12-27-8-6-13(7-9-27)19(29)15-10-14(22)4-5-17(15)23/h4-5,10-11,13H,3,6-9,12H2,1-2H3,(H,25,28). The molecule has 1 aliphatic heterocycles. The number of esters is 1. The number of aromatic nitrogens is 2. The van der Waals surface area contributed by atoms with Gasteiger partial charge in [0.05, 0.1) is 24.9 Å². The molecule has 2 aromatic rings. The summed E-state index contributed by atoms with van der Waals surface area (Å²) in [6, 6.07) is 2.85. The Hall–Kier alpha value is -3.14. The minimum absolute atomic E-state index is 0.0582. The number of nitrogens with zero attached hydrogens (tertiary/aromatic N) is 3. The number of carbonyl (C=O) groups is 3. The number of rotatable bonds is 7. The molecule has 0 saturated carbocycles. The van der Waals surface area contributed by atoms with E-state index in [4.69, 9.17) is 4.74 Å². The second-order valence-corrected chi connectivity index (χ2v) is 7.34. The summed E-state index contributed by atoms with van der Waals surface area (Å²) < 4.78 is 33.6. The summed E-state index contributed by atoms with van der Waals surface area (Å²) >= 11 is 0. The van der Waals surface area contributed by atoms with Crippen molar-refractivity contribution in [3.05, 3.63) is 47.2 Å². The van der Waals surface area contributed by atoms with Crippen LogP contribution in [0.5, 0.6) is 0 Å². The normalized spacial score (nSPS) is 15.0. The number of benzene rings is 1. The Balaban J connectivity index is 1.55. The Morgan fingerprint density at radius 3 is 2.58 bits per heavy atom. The van der Waals surface area contributed by atoms with E-state index >= 15 is 0 Å². The molecule has 1 amide bonds. The van der Waals surface area contributed by atoms with Gasteiger partial charge >= 0.3 is 5.97 Å². The van der Waals surface area contributed by atoms with Gasteiger partial charge in [-0.15, -0.1) is 0 Å². The van der Waals surface area contributed by atoms with Crippen molar-refractivity contribution >= 4 is 23.5 Å². The van der Waals surface area contributed by atoms with Gasteiger partial charge in [-0.05, 0) is 51.1 Å². The molecule has 0 radical (unpaired) electrons. The minimum atomic E-state index is -0.734. The fraction of sp³-hybridized carbons (Fsp3) is 0.429. The van der Waals surface area contributed by atoms with Crippen LogP contribution in [0.15, 0.2) is 24.4 Å². The summed E-state index contributed by atoms with van der Waals surface area (Å²) in [5.41, 5.74) is -0.0713. The molecule has 3 rings (SSSR count). The first-order valence-corrected chi connectivity index (χ1v) is 10.0. The number of halogens is 2. The molecule has 0 spiro atoms. The van der Waals surface area contributed by atoms with Crippen molar-refractivity contribution in [1.29, 1.82) is 0 Å². The quantitative estimate of drug-likeness (QED) is 0.531. The van der Waals surface area contributed by atoms with Gasteiger partial charge in [0.15, 0.2) is 5.78 Å². The third-order valence-electron chi connectivity index (χ3n) is 5.21. The molecule has 1 N–H and O–H groups in total. The van der Waals surface area contributed by atoms with Crippen LogP contribution in [-0.2, 0) is 16.6 Å². The predicted molar refractivity (Wildman–Crippen MR) is 108 cm³/mol. The smallest absolute Gasteiger partial charge is 0.343 e. The molecule has 1 fully saturated rings. The number of ketones is 1. The lowest BCUT2D eigenvalue weighted by Crippen LogP contribution is -2.41. The molecular weight excluding hydrogens is 410 g/mol. The summed E-state index contributed by atoms with van der Waals surface area (Å²) in [5, 5.41) is 6.66. The fourth-order valence-corrected chi connectivity index (χ4v) is 3.58. The first kappa shape index (κ1) is 22.5. The third-order valence-corrected chi connectivity index (χ3v) is 5.21. The molecule has 0 aliphatic carbocycles. The monoisotopic (exact) mass is 434 g/mol. The van der Waals surface area contributed by atoms with E-state index in [1.165, 1.54) is 10.9 Å².